The van der Waals surface area contributed by atoms with Crippen LogP contribution >= 0.6 is 0 Å². The Morgan fingerprint density at radius 1 is 1.40 bits per heavy atom. The van der Waals surface area contributed by atoms with Crippen molar-refractivity contribution < 1.29 is 4.74 Å². The number of likely N-dealkylation sites (tertiary alicyclic amines) is 1. The molecule has 2 heterocycles. The minimum absolute atomic E-state index is 0.700. The zero-order valence-corrected chi connectivity index (χ0v) is 12.9. The Hall–Kier alpha value is -1.20. The summed E-state index contributed by atoms with van der Waals surface area (Å²) in [5, 5.41) is 0. The van der Waals surface area contributed by atoms with Gasteiger partial charge in [-0.3, -0.25) is 0 Å². The first-order chi connectivity index (χ1) is 9.72. The summed E-state index contributed by atoms with van der Waals surface area (Å²) in [6.45, 7) is 7.34. The van der Waals surface area contributed by atoms with Gasteiger partial charge in [0.2, 0.25) is 5.95 Å². The van der Waals surface area contributed by atoms with E-state index in [4.69, 9.17) is 4.74 Å². The van der Waals surface area contributed by atoms with Crippen molar-refractivity contribution in [3.05, 3.63) is 18.0 Å². The minimum atomic E-state index is 0.700. The third kappa shape index (κ3) is 4.15. The predicted molar refractivity (Wildman–Crippen MR) is 81.1 cm³/mol. The van der Waals surface area contributed by atoms with Crippen LogP contribution in [0.25, 0.3) is 0 Å². The second kappa shape index (κ2) is 7.55. The van der Waals surface area contributed by atoms with Crippen molar-refractivity contribution in [2.75, 3.05) is 51.8 Å². The van der Waals surface area contributed by atoms with E-state index in [9.17, 15) is 0 Å². The van der Waals surface area contributed by atoms with Crippen LogP contribution in [0.3, 0.4) is 0 Å². The molecule has 2 rings (SSSR count). The van der Waals surface area contributed by atoms with Gasteiger partial charge in [-0.05, 0) is 30.9 Å². The molecule has 0 N–H and O–H groups in total. The van der Waals surface area contributed by atoms with Crippen LogP contribution in [0.1, 0.15) is 18.9 Å². The van der Waals surface area contributed by atoms with E-state index >= 15 is 0 Å². The molecule has 1 aliphatic rings. The number of hydrogen-bond donors (Lipinski definition) is 0. The molecule has 20 heavy (non-hydrogen) atoms. The molecule has 1 fully saturated rings. The third-order valence-corrected chi connectivity index (χ3v) is 3.96. The van der Waals surface area contributed by atoms with Gasteiger partial charge in [0.15, 0.2) is 0 Å². The Kier molecular flexibility index (Phi) is 5.73. The van der Waals surface area contributed by atoms with Gasteiger partial charge >= 0.3 is 0 Å². The topological polar surface area (TPSA) is 41.5 Å². The van der Waals surface area contributed by atoms with E-state index in [2.05, 4.69) is 33.7 Å². The van der Waals surface area contributed by atoms with Crippen LogP contribution in [0.15, 0.2) is 12.4 Å². The fourth-order valence-electron chi connectivity index (χ4n) is 2.68. The van der Waals surface area contributed by atoms with Gasteiger partial charge in [0.05, 0.1) is 6.61 Å². The lowest BCUT2D eigenvalue weighted by atomic mass is 10.1. The summed E-state index contributed by atoms with van der Waals surface area (Å²) in [4.78, 5) is 13.5. The number of nitrogens with zero attached hydrogens (tertiary/aromatic N) is 4. The summed E-state index contributed by atoms with van der Waals surface area (Å²) in [7, 11) is 3.84. The summed E-state index contributed by atoms with van der Waals surface area (Å²) in [5.41, 5.74) is 1.19. The number of aromatic nitrogens is 2. The number of ether oxygens (including phenoxy) is 1. The van der Waals surface area contributed by atoms with Crippen molar-refractivity contribution >= 4 is 5.95 Å². The fraction of sp³-hybridized carbons (Fsp3) is 0.733. The molecule has 1 saturated heterocycles. The van der Waals surface area contributed by atoms with Gasteiger partial charge in [-0.25, -0.2) is 9.97 Å². The van der Waals surface area contributed by atoms with Crippen LogP contribution < -0.4 is 4.90 Å². The molecular formula is C15H26N4O. The van der Waals surface area contributed by atoms with Crippen LogP contribution in [0.4, 0.5) is 5.95 Å². The van der Waals surface area contributed by atoms with Gasteiger partial charge in [0.1, 0.15) is 0 Å². The fourth-order valence-corrected chi connectivity index (χ4v) is 2.68. The SMILES string of the molecule is CCc1cnc(N(C)C[C@@H]2CCN(CCOC)C2)nc1. The quantitative estimate of drug-likeness (QED) is 0.755. The zero-order chi connectivity index (χ0) is 14.4. The van der Waals surface area contributed by atoms with Gasteiger partial charge in [-0.2, -0.15) is 0 Å². The number of rotatable bonds is 7. The molecule has 0 unspecified atom stereocenters. The highest BCUT2D eigenvalue weighted by atomic mass is 16.5. The molecule has 0 radical (unpaired) electrons. The first kappa shape index (κ1) is 15.2. The highest BCUT2D eigenvalue weighted by Gasteiger charge is 2.23. The van der Waals surface area contributed by atoms with Crippen LogP contribution in [0.5, 0.6) is 0 Å². The third-order valence-electron chi connectivity index (χ3n) is 3.96. The Morgan fingerprint density at radius 3 is 2.80 bits per heavy atom. The van der Waals surface area contributed by atoms with E-state index in [1.54, 1.807) is 7.11 Å². The van der Waals surface area contributed by atoms with Gasteiger partial charge < -0.3 is 14.5 Å². The van der Waals surface area contributed by atoms with Crippen LogP contribution in [-0.2, 0) is 11.2 Å². The van der Waals surface area contributed by atoms with Crippen molar-refractivity contribution in [2.24, 2.45) is 5.92 Å². The molecule has 0 saturated carbocycles. The predicted octanol–water partition coefficient (Wildman–Crippen LogP) is 1.44. The molecule has 5 nitrogen and oxygen atoms in total. The van der Waals surface area contributed by atoms with E-state index in [0.717, 1.165) is 38.6 Å². The van der Waals surface area contributed by atoms with Crippen molar-refractivity contribution in [3.63, 3.8) is 0 Å². The molecule has 1 atom stereocenters. The first-order valence-corrected chi connectivity index (χ1v) is 7.46. The van der Waals surface area contributed by atoms with Gasteiger partial charge in [0, 0.05) is 46.2 Å². The smallest absolute Gasteiger partial charge is 0.225 e. The lowest BCUT2D eigenvalue weighted by Gasteiger charge is -2.21. The number of hydrogen-bond acceptors (Lipinski definition) is 5. The number of methoxy groups -OCH3 is 1. The molecule has 5 heteroatoms. The van der Waals surface area contributed by atoms with E-state index < -0.39 is 0 Å². The summed E-state index contributed by atoms with van der Waals surface area (Å²) in [6.07, 6.45) is 6.10. The number of aryl methyl sites for hydroxylation is 1. The van der Waals surface area contributed by atoms with E-state index in [0.29, 0.717) is 5.92 Å². The second-order valence-electron chi connectivity index (χ2n) is 5.57. The monoisotopic (exact) mass is 278 g/mol. The van der Waals surface area contributed by atoms with Crippen molar-refractivity contribution in [2.45, 2.75) is 19.8 Å². The number of anilines is 1. The second-order valence-corrected chi connectivity index (χ2v) is 5.57. The van der Waals surface area contributed by atoms with E-state index in [-0.39, 0.29) is 0 Å². The molecule has 1 aromatic heterocycles. The lowest BCUT2D eigenvalue weighted by molar-refractivity contribution is 0.159. The molecule has 112 valence electrons. The van der Waals surface area contributed by atoms with Crippen molar-refractivity contribution in [1.82, 2.24) is 14.9 Å². The van der Waals surface area contributed by atoms with E-state index in [1.807, 2.05) is 12.4 Å². The van der Waals surface area contributed by atoms with Crippen molar-refractivity contribution in [1.29, 1.82) is 0 Å². The lowest BCUT2D eigenvalue weighted by Crippen LogP contribution is -2.30. The maximum Gasteiger partial charge on any atom is 0.225 e. The maximum atomic E-state index is 5.14. The average molecular weight is 278 g/mol. The average Bonchev–Trinajstić information content (AvgIpc) is 2.92. The Labute approximate surface area is 122 Å². The Morgan fingerprint density at radius 2 is 2.15 bits per heavy atom. The molecule has 1 aromatic rings. The van der Waals surface area contributed by atoms with Gasteiger partial charge in [0.25, 0.3) is 0 Å². The molecule has 0 spiro atoms. The molecule has 0 aliphatic carbocycles. The molecule has 1 aliphatic heterocycles. The summed E-state index contributed by atoms with van der Waals surface area (Å²) in [6, 6.07) is 0. The summed E-state index contributed by atoms with van der Waals surface area (Å²) in [5.74, 6) is 1.53. The Balaban J connectivity index is 1.80. The molecule has 0 aromatic carbocycles. The molecular weight excluding hydrogens is 252 g/mol. The van der Waals surface area contributed by atoms with Crippen LogP contribution in [-0.4, -0.2) is 61.8 Å². The standard InChI is InChI=1S/C15H26N4O/c1-4-13-9-16-15(17-10-13)18(2)11-14-5-6-19(12-14)7-8-20-3/h9-10,14H,4-8,11-12H2,1-3H3/t14-/m0/s1. The van der Waals surface area contributed by atoms with E-state index in [1.165, 1.54) is 18.5 Å². The largest absolute Gasteiger partial charge is 0.383 e. The summed E-state index contributed by atoms with van der Waals surface area (Å²) >= 11 is 0. The first-order valence-electron chi connectivity index (χ1n) is 7.46. The maximum absolute atomic E-state index is 5.14. The zero-order valence-electron chi connectivity index (χ0n) is 12.9. The normalized spacial score (nSPS) is 19.4. The van der Waals surface area contributed by atoms with Crippen LogP contribution in [0, 0.1) is 5.92 Å². The highest BCUT2D eigenvalue weighted by molar-refractivity contribution is 5.28. The molecule has 0 bridgehead atoms. The van der Waals surface area contributed by atoms with Gasteiger partial charge in [-0.15, -0.1) is 0 Å². The molecule has 0 amide bonds. The van der Waals surface area contributed by atoms with Gasteiger partial charge in [-0.1, -0.05) is 6.92 Å². The summed E-state index contributed by atoms with van der Waals surface area (Å²) < 4.78 is 5.14. The minimum Gasteiger partial charge on any atom is -0.383 e. The van der Waals surface area contributed by atoms with Crippen molar-refractivity contribution in [3.8, 4) is 0 Å². The van der Waals surface area contributed by atoms with Crippen LogP contribution in [0.2, 0.25) is 0 Å². The highest BCUT2D eigenvalue weighted by Crippen LogP contribution is 2.18. The Bertz CT molecular complexity index is 395.